The maximum absolute atomic E-state index is 14.3. The average molecular weight is 523 g/mol. The van der Waals surface area contributed by atoms with Gasteiger partial charge in [0.15, 0.2) is 5.82 Å². The number of rotatable bonds is 5. The van der Waals surface area contributed by atoms with Gasteiger partial charge in [-0.25, -0.2) is 14.2 Å². The number of allylic oxidation sites excluding steroid dienone is 1. The molecule has 0 spiro atoms. The van der Waals surface area contributed by atoms with Gasteiger partial charge >= 0.3 is 5.76 Å². The normalized spacial score (nSPS) is 16.1. The number of aromatic nitrogens is 4. The minimum atomic E-state index is -0.600. The zero-order valence-corrected chi connectivity index (χ0v) is 21.7. The van der Waals surface area contributed by atoms with E-state index < -0.39 is 5.76 Å². The van der Waals surface area contributed by atoms with E-state index in [1.54, 1.807) is 6.07 Å². The second-order valence-corrected chi connectivity index (χ2v) is 10.6. The van der Waals surface area contributed by atoms with Crippen molar-refractivity contribution in [3.8, 4) is 5.75 Å². The van der Waals surface area contributed by atoms with Gasteiger partial charge in [0.1, 0.15) is 23.8 Å². The van der Waals surface area contributed by atoms with E-state index >= 15 is 0 Å². The quantitative estimate of drug-likeness (QED) is 0.300. The molecule has 7 rings (SSSR count). The molecule has 7 nitrogen and oxygen atoms in total. The van der Waals surface area contributed by atoms with Crippen LogP contribution < -0.4 is 10.5 Å². The van der Waals surface area contributed by atoms with Crippen LogP contribution in [0.5, 0.6) is 5.75 Å². The van der Waals surface area contributed by atoms with Gasteiger partial charge in [-0.2, -0.15) is 0 Å². The molecule has 1 aliphatic carbocycles. The summed E-state index contributed by atoms with van der Waals surface area (Å²) in [7, 11) is 0. The summed E-state index contributed by atoms with van der Waals surface area (Å²) in [6.07, 6.45) is 4.72. The number of hydrogen-bond acceptors (Lipinski definition) is 5. The molecule has 196 valence electrons. The second kappa shape index (κ2) is 9.08. The first kappa shape index (κ1) is 23.6. The Morgan fingerprint density at radius 1 is 1.13 bits per heavy atom. The molecule has 5 aromatic rings. The number of nitrogens with one attached hydrogen (secondary N) is 1. The van der Waals surface area contributed by atoms with E-state index in [4.69, 9.17) is 14.2 Å². The van der Waals surface area contributed by atoms with Crippen molar-refractivity contribution in [1.29, 1.82) is 0 Å². The summed E-state index contributed by atoms with van der Waals surface area (Å²) in [5, 5.41) is 4.04. The van der Waals surface area contributed by atoms with Crippen LogP contribution >= 0.6 is 0 Å². The summed E-state index contributed by atoms with van der Waals surface area (Å²) in [5.74, 6) is 0.422. The average Bonchev–Trinajstić information content (AvgIpc) is 3.60. The van der Waals surface area contributed by atoms with Gasteiger partial charge in [-0.3, -0.25) is 9.51 Å². The van der Waals surface area contributed by atoms with E-state index in [1.807, 2.05) is 18.2 Å². The molecule has 0 radical (unpaired) electrons. The summed E-state index contributed by atoms with van der Waals surface area (Å²) in [6.45, 7) is 4.62. The van der Waals surface area contributed by atoms with E-state index in [9.17, 15) is 9.18 Å². The van der Waals surface area contributed by atoms with Crippen LogP contribution in [0.1, 0.15) is 72.1 Å². The number of imidazole rings is 1. The highest BCUT2D eigenvalue weighted by Crippen LogP contribution is 2.49. The van der Waals surface area contributed by atoms with Gasteiger partial charge in [-0.05, 0) is 65.6 Å². The molecule has 0 amide bonds. The summed E-state index contributed by atoms with van der Waals surface area (Å²) >= 11 is 0. The molecule has 1 fully saturated rings. The molecule has 1 aliphatic heterocycles. The third-order valence-corrected chi connectivity index (χ3v) is 7.56. The topological polar surface area (TPSA) is 85.4 Å². The van der Waals surface area contributed by atoms with Crippen LogP contribution in [0.3, 0.4) is 0 Å². The Labute approximate surface area is 224 Å². The summed E-state index contributed by atoms with van der Waals surface area (Å²) in [5.41, 5.74) is 8.86. The predicted molar refractivity (Wildman–Crippen MR) is 145 cm³/mol. The largest absolute Gasteiger partial charge is 0.488 e. The first-order chi connectivity index (χ1) is 19.0. The van der Waals surface area contributed by atoms with Crippen molar-refractivity contribution >= 4 is 16.8 Å². The minimum absolute atomic E-state index is 0.219. The van der Waals surface area contributed by atoms with E-state index in [0.717, 1.165) is 63.3 Å². The smallest absolute Gasteiger partial charge is 0.439 e. The van der Waals surface area contributed by atoms with Gasteiger partial charge in [-0.1, -0.05) is 43.3 Å². The van der Waals surface area contributed by atoms with E-state index in [-0.39, 0.29) is 17.7 Å². The first-order valence-electron chi connectivity index (χ1n) is 13.3. The van der Waals surface area contributed by atoms with Crippen LogP contribution in [-0.2, 0) is 13.0 Å². The monoisotopic (exact) mass is 522 g/mol. The molecular weight excluding hydrogens is 495 g/mol. The van der Waals surface area contributed by atoms with Gasteiger partial charge in [0.05, 0.1) is 11.4 Å². The number of fused-ring (bicyclic) bond motifs is 3. The Bertz CT molecular complexity index is 1820. The maximum Gasteiger partial charge on any atom is 0.439 e. The van der Waals surface area contributed by atoms with Crippen LogP contribution in [0.15, 0.2) is 70.1 Å². The van der Waals surface area contributed by atoms with Gasteiger partial charge in [0, 0.05) is 35.4 Å². The standard InChI is InChI=1S/C31H27FN4O3/c1-17(2)29-24(36-12-4-3-5-26(36)33-29)14-18-6-10-22-20(13-18)16-38-25-15-21(32)9-11-23(25)28(22)27(19-7-8-19)30-34-31(37)39-35-30/h3-6,9-13,15,17,19H,7-8,14,16H2,1-2H3,(H,34,35,37). The zero-order chi connectivity index (χ0) is 26.7. The molecule has 2 aliphatic rings. The Balaban J connectivity index is 1.40. The van der Waals surface area contributed by atoms with Crippen LogP contribution in [0.25, 0.3) is 16.8 Å². The lowest BCUT2D eigenvalue weighted by atomic mass is 9.87. The molecule has 0 atom stereocenters. The van der Waals surface area contributed by atoms with Crippen molar-refractivity contribution in [2.24, 2.45) is 5.92 Å². The van der Waals surface area contributed by atoms with Crippen LogP contribution in [0.2, 0.25) is 0 Å². The first-order valence-corrected chi connectivity index (χ1v) is 13.3. The molecule has 8 heteroatoms. The van der Waals surface area contributed by atoms with Gasteiger partial charge < -0.3 is 9.14 Å². The Hall–Kier alpha value is -4.46. The van der Waals surface area contributed by atoms with Crippen molar-refractivity contribution in [1.82, 2.24) is 19.5 Å². The second-order valence-electron chi connectivity index (χ2n) is 10.6. The van der Waals surface area contributed by atoms with E-state index in [0.29, 0.717) is 24.6 Å². The number of H-pyrrole nitrogens is 1. The molecule has 39 heavy (non-hydrogen) atoms. The van der Waals surface area contributed by atoms with Crippen LogP contribution in [0, 0.1) is 11.7 Å². The molecule has 4 heterocycles. The Kier molecular flexibility index (Phi) is 5.50. The number of hydrogen-bond donors (Lipinski definition) is 1. The number of pyridine rings is 1. The number of benzene rings is 2. The number of aromatic amines is 1. The minimum Gasteiger partial charge on any atom is -0.488 e. The van der Waals surface area contributed by atoms with Crippen LogP contribution in [-0.4, -0.2) is 19.5 Å². The number of halogens is 1. The highest BCUT2D eigenvalue weighted by Gasteiger charge is 2.35. The Morgan fingerprint density at radius 3 is 2.74 bits per heavy atom. The molecule has 3 aromatic heterocycles. The van der Waals surface area contributed by atoms with Crippen molar-refractivity contribution in [2.45, 2.75) is 45.6 Å². The maximum atomic E-state index is 14.3. The molecule has 0 unspecified atom stereocenters. The van der Waals surface area contributed by atoms with E-state index in [1.165, 1.54) is 12.1 Å². The van der Waals surface area contributed by atoms with Crippen molar-refractivity contribution < 1.29 is 13.7 Å². The SMILES string of the molecule is CC(C)c1nc2ccccn2c1Cc1ccc2c(c1)COc1cc(F)ccc1C2=C(c1noc(=O)[nH]1)C1CC1. The molecule has 1 N–H and O–H groups in total. The molecule has 1 saturated carbocycles. The zero-order valence-electron chi connectivity index (χ0n) is 21.7. The lowest BCUT2D eigenvalue weighted by Gasteiger charge is -2.16. The summed E-state index contributed by atoms with van der Waals surface area (Å²) in [4.78, 5) is 19.5. The molecule has 2 aromatic carbocycles. The molecule has 0 bridgehead atoms. The molecule has 0 saturated heterocycles. The fourth-order valence-corrected chi connectivity index (χ4v) is 5.66. The fraction of sp³-hybridized carbons (Fsp3) is 0.258. The lowest BCUT2D eigenvalue weighted by molar-refractivity contribution is 0.305. The third-order valence-electron chi connectivity index (χ3n) is 7.56. The van der Waals surface area contributed by atoms with Gasteiger partial charge in [0.2, 0.25) is 0 Å². The number of ether oxygens (including phenoxy) is 1. The van der Waals surface area contributed by atoms with Gasteiger partial charge in [0.25, 0.3) is 0 Å². The van der Waals surface area contributed by atoms with Crippen molar-refractivity contribution in [3.05, 3.63) is 117 Å². The van der Waals surface area contributed by atoms with Gasteiger partial charge in [-0.15, -0.1) is 0 Å². The summed E-state index contributed by atoms with van der Waals surface area (Å²) < 4.78 is 27.6. The highest BCUT2D eigenvalue weighted by molar-refractivity contribution is 6.01. The predicted octanol–water partition coefficient (Wildman–Crippen LogP) is 6.13. The number of nitrogens with zero attached hydrogens (tertiary/aromatic N) is 3. The van der Waals surface area contributed by atoms with Crippen molar-refractivity contribution in [2.75, 3.05) is 0 Å². The Morgan fingerprint density at radius 2 is 1.97 bits per heavy atom. The highest BCUT2D eigenvalue weighted by atomic mass is 19.1. The lowest BCUT2D eigenvalue weighted by Crippen LogP contribution is -2.04. The third kappa shape index (κ3) is 4.16. The molecular formula is C31H27FN4O3. The van der Waals surface area contributed by atoms with E-state index in [2.05, 4.69) is 52.8 Å². The van der Waals surface area contributed by atoms with Crippen molar-refractivity contribution in [3.63, 3.8) is 0 Å². The fourth-order valence-electron chi connectivity index (χ4n) is 5.66. The summed E-state index contributed by atoms with van der Waals surface area (Å²) in [6, 6.07) is 17.1. The van der Waals surface area contributed by atoms with Crippen LogP contribution in [0.4, 0.5) is 4.39 Å².